The van der Waals surface area contributed by atoms with Crippen LogP contribution in [0, 0.1) is 5.92 Å². The fraction of sp³-hybridized carbons (Fsp3) is 0.556. The molecule has 1 aliphatic heterocycles. The van der Waals surface area contributed by atoms with Crippen LogP contribution in [0.25, 0.3) is 0 Å². The van der Waals surface area contributed by atoms with Crippen LogP contribution in [0.1, 0.15) is 56.8 Å². The Labute approximate surface area is 132 Å². The summed E-state index contributed by atoms with van der Waals surface area (Å²) in [5.74, 6) is -0.0351. The van der Waals surface area contributed by atoms with Gasteiger partial charge in [-0.3, -0.25) is 9.59 Å². The minimum Gasteiger partial charge on any atom is -0.336 e. The number of likely N-dealkylation sites (tertiary alicyclic amines) is 1. The number of anilines is 1. The molecular formula is C18H26N2O2. The number of piperidine rings is 1. The zero-order valence-corrected chi connectivity index (χ0v) is 13.8. The minimum absolute atomic E-state index is 0.0333. The van der Waals surface area contributed by atoms with Crippen molar-refractivity contribution in [2.24, 2.45) is 5.92 Å². The van der Waals surface area contributed by atoms with E-state index in [-0.39, 0.29) is 17.7 Å². The van der Waals surface area contributed by atoms with Crippen LogP contribution in [0.5, 0.6) is 0 Å². The van der Waals surface area contributed by atoms with Gasteiger partial charge in [0.2, 0.25) is 5.91 Å². The van der Waals surface area contributed by atoms with Gasteiger partial charge in [0, 0.05) is 29.8 Å². The molecule has 1 heterocycles. The van der Waals surface area contributed by atoms with Gasteiger partial charge in [-0.15, -0.1) is 0 Å². The zero-order chi connectivity index (χ0) is 16.1. The molecule has 0 radical (unpaired) electrons. The molecule has 4 nitrogen and oxygen atoms in total. The predicted octanol–water partition coefficient (Wildman–Crippen LogP) is 3.69. The Morgan fingerprint density at radius 3 is 2.77 bits per heavy atom. The minimum atomic E-state index is -0.0778. The van der Waals surface area contributed by atoms with Crippen LogP contribution in [-0.4, -0.2) is 29.3 Å². The molecule has 1 N–H and O–H groups in total. The van der Waals surface area contributed by atoms with E-state index in [1.165, 1.54) is 6.42 Å². The number of hydrogen-bond acceptors (Lipinski definition) is 2. The molecule has 0 unspecified atom stereocenters. The molecular weight excluding hydrogens is 276 g/mol. The molecule has 1 aromatic rings. The standard InChI is InChI=1S/C18H26N2O2/c1-4-16-10-5-6-11-20(16)18(22)14-8-7-9-15(12-14)19-17(21)13(2)3/h7-9,12-13,16H,4-6,10-11H2,1-3H3,(H,19,21)/t16-/m0/s1. The maximum atomic E-state index is 12.8. The highest BCUT2D eigenvalue weighted by Crippen LogP contribution is 2.23. The van der Waals surface area contributed by atoms with Crippen molar-refractivity contribution in [3.63, 3.8) is 0 Å². The van der Waals surface area contributed by atoms with Gasteiger partial charge in [-0.25, -0.2) is 0 Å². The first-order valence-electron chi connectivity index (χ1n) is 8.24. The number of carbonyl (C=O) groups excluding carboxylic acids is 2. The van der Waals surface area contributed by atoms with Crippen molar-refractivity contribution in [2.45, 2.75) is 52.5 Å². The third kappa shape index (κ3) is 3.87. The van der Waals surface area contributed by atoms with E-state index < -0.39 is 0 Å². The van der Waals surface area contributed by atoms with Crippen LogP contribution in [0.4, 0.5) is 5.69 Å². The Morgan fingerprint density at radius 1 is 1.32 bits per heavy atom. The van der Waals surface area contributed by atoms with Crippen molar-refractivity contribution in [3.8, 4) is 0 Å². The van der Waals surface area contributed by atoms with Crippen LogP contribution in [0.3, 0.4) is 0 Å². The van der Waals surface area contributed by atoms with E-state index in [1.807, 2.05) is 36.9 Å². The number of hydrogen-bond donors (Lipinski definition) is 1. The lowest BCUT2D eigenvalue weighted by molar-refractivity contribution is -0.118. The van der Waals surface area contributed by atoms with Crippen molar-refractivity contribution < 1.29 is 9.59 Å². The van der Waals surface area contributed by atoms with Crippen LogP contribution in [-0.2, 0) is 4.79 Å². The highest BCUT2D eigenvalue weighted by molar-refractivity contribution is 5.97. The van der Waals surface area contributed by atoms with Gasteiger partial charge in [-0.2, -0.15) is 0 Å². The largest absolute Gasteiger partial charge is 0.336 e. The van der Waals surface area contributed by atoms with Gasteiger partial charge in [-0.05, 0) is 43.9 Å². The SMILES string of the molecule is CC[C@H]1CCCCN1C(=O)c1cccc(NC(=O)C(C)C)c1. The van der Waals surface area contributed by atoms with Gasteiger partial charge < -0.3 is 10.2 Å². The average Bonchev–Trinajstić information content (AvgIpc) is 2.54. The van der Waals surface area contributed by atoms with E-state index in [1.54, 1.807) is 6.07 Å². The lowest BCUT2D eigenvalue weighted by Crippen LogP contribution is -2.43. The van der Waals surface area contributed by atoms with Crippen LogP contribution in [0.2, 0.25) is 0 Å². The molecule has 2 amide bonds. The molecule has 120 valence electrons. The molecule has 1 atom stereocenters. The van der Waals surface area contributed by atoms with Crippen LogP contribution >= 0.6 is 0 Å². The fourth-order valence-corrected chi connectivity index (χ4v) is 2.87. The van der Waals surface area contributed by atoms with Crippen LogP contribution < -0.4 is 5.32 Å². The topological polar surface area (TPSA) is 49.4 Å². The number of nitrogens with zero attached hydrogens (tertiary/aromatic N) is 1. The summed E-state index contributed by atoms with van der Waals surface area (Å²) in [5.41, 5.74) is 1.34. The second-order valence-corrected chi connectivity index (χ2v) is 6.28. The number of rotatable bonds is 4. The summed E-state index contributed by atoms with van der Waals surface area (Å²) in [6, 6.07) is 7.60. The van der Waals surface area contributed by atoms with E-state index in [0.717, 1.165) is 25.8 Å². The molecule has 0 aliphatic carbocycles. The maximum Gasteiger partial charge on any atom is 0.254 e. The second-order valence-electron chi connectivity index (χ2n) is 6.28. The zero-order valence-electron chi connectivity index (χ0n) is 13.8. The van der Waals surface area contributed by atoms with Gasteiger partial charge >= 0.3 is 0 Å². The summed E-state index contributed by atoms with van der Waals surface area (Å²) < 4.78 is 0. The van der Waals surface area contributed by atoms with Crippen molar-refractivity contribution in [3.05, 3.63) is 29.8 Å². The molecule has 1 aromatic carbocycles. The van der Waals surface area contributed by atoms with Gasteiger partial charge in [0.15, 0.2) is 0 Å². The van der Waals surface area contributed by atoms with Gasteiger partial charge in [0.05, 0.1) is 0 Å². The van der Waals surface area contributed by atoms with Crippen molar-refractivity contribution in [1.29, 1.82) is 0 Å². The van der Waals surface area contributed by atoms with E-state index in [2.05, 4.69) is 12.2 Å². The fourth-order valence-electron chi connectivity index (χ4n) is 2.87. The normalized spacial score (nSPS) is 18.4. The Kier molecular flexibility index (Phi) is 5.58. The average molecular weight is 302 g/mol. The first kappa shape index (κ1) is 16.5. The summed E-state index contributed by atoms with van der Waals surface area (Å²) in [6.45, 7) is 6.67. The first-order valence-corrected chi connectivity index (χ1v) is 8.24. The maximum absolute atomic E-state index is 12.8. The Hall–Kier alpha value is -1.84. The quantitative estimate of drug-likeness (QED) is 0.922. The highest BCUT2D eigenvalue weighted by Gasteiger charge is 2.26. The van der Waals surface area contributed by atoms with Crippen LogP contribution in [0.15, 0.2) is 24.3 Å². The highest BCUT2D eigenvalue weighted by atomic mass is 16.2. The number of nitrogens with one attached hydrogen (secondary N) is 1. The van der Waals surface area contributed by atoms with Crippen molar-refractivity contribution in [2.75, 3.05) is 11.9 Å². The molecule has 0 spiro atoms. The third-order valence-electron chi connectivity index (χ3n) is 4.26. The monoisotopic (exact) mass is 302 g/mol. The van der Waals surface area contributed by atoms with Gasteiger partial charge in [-0.1, -0.05) is 26.8 Å². The van der Waals surface area contributed by atoms with Crippen molar-refractivity contribution in [1.82, 2.24) is 4.90 Å². The number of benzene rings is 1. The smallest absolute Gasteiger partial charge is 0.254 e. The molecule has 0 bridgehead atoms. The molecule has 2 rings (SSSR count). The third-order valence-corrected chi connectivity index (χ3v) is 4.26. The van der Waals surface area contributed by atoms with E-state index in [0.29, 0.717) is 17.3 Å². The molecule has 1 fully saturated rings. The molecule has 4 heteroatoms. The molecule has 1 aliphatic rings. The first-order chi connectivity index (χ1) is 10.5. The van der Waals surface area contributed by atoms with Crippen molar-refractivity contribution >= 4 is 17.5 Å². The summed E-state index contributed by atoms with van der Waals surface area (Å²) in [5, 5.41) is 2.86. The molecule has 1 saturated heterocycles. The van der Waals surface area contributed by atoms with E-state index in [4.69, 9.17) is 0 Å². The Morgan fingerprint density at radius 2 is 2.09 bits per heavy atom. The lowest BCUT2D eigenvalue weighted by Gasteiger charge is -2.35. The second kappa shape index (κ2) is 7.43. The lowest BCUT2D eigenvalue weighted by atomic mass is 9.99. The number of carbonyl (C=O) groups is 2. The molecule has 0 saturated carbocycles. The molecule has 22 heavy (non-hydrogen) atoms. The Bertz CT molecular complexity index is 540. The summed E-state index contributed by atoms with van der Waals surface area (Å²) >= 11 is 0. The van der Waals surface area contributed by atoms with E-state index in [9.17, 15) is 9.59 Å². The molecule has 0 aromatic heterocycles. The Balaban J connectivity index is 2.14. The summed E-state index contributed by atoms with van der Waals surface area (Å²) in [4.78, 5) is 26.5. The van der Waals surface area contributed by atoms with E-state index >= 15 is 0 Å². The number of amides is 2. The summed E-state index contributed by atoms with van der Waals surface area (Å²) in [6.07, 6.45) is 4.36. The van der Waals surface area contributed by atoms with Gasteiger partial charge in [0.1, 0.15) is 0 Å². The predicted molar refractivity (Wildman–Crippen MR) is 88.9 cm³/mol. The summed E-state index contributed by atoms with van der Waals surface area (Å²) in [7, 11) is 0. The van der Waals surface area contributed by atoms with Gasteiger partial charge in [0.25, 0.3) is 5.91 Å².